The number of alkyl halides is 3. The minimum absolute atomic E-state index is 0.136. The number of nitrogens with one attached hydrogen (secondary N) is 2. The van der Waals surface area contributed by atoms with Crippen LogP contribution in [0.15, 0.2) is 34.0 Å². The molecule has 0 aliphatic carbocycles. The Hall–Kier alpha value is -3.11. The molecule has 11 heteroatoms. The zero-order valence-electron chi connectivity index (χ0n) is 10.8. The molecule has 2 aromatic rings. The van der Waals surface area contributed by atoms with Gasteiger partial charge >= 0.3 is 12.2 Å². The maximum Gasteiger partial charge on any atom is 0.417 e. The topological polar surface area (TPSA) is 118 Å². The highest BCUT2D eigenvalue weighted by atomic mass is 19.4. The van der Waals surface area contributed by atoms with Gasteiger partial charge in [0, 0.05) is 5.56 Å². The first-order valence-corrected chi connectivity index (χ1v) is 5.72. The maximum absolute atomic E-state index is 12.7. The molecular weight excluding hydrogens is 305 g/mol. The monoisotopic (exact) mass is 314 g/mol. The van der Waals surface area contributed by atoms with Gasteiger partial charge in [-0.3, -0.25) is 5.32 Å². The molecule has 1 heterocycles. The van der Waals surface area contributed by atoms with E-state index in [2.05, 4.69) is 25.4 Å². The zero-order chi connectivity index (χ0) is 16.2. The Kier molecular flexibility index (Phi) is 4.25. The van der Waals surface area contributed by atoms with Gasteiger partial charge in [0.1, 0.15) is 0 Å². The van der Waals surface area contributed by atoms with Crippen molar-refractivity contribution < 1.29 is 22.6 Å². The number of hydrogen-bond donors (Lipinski definition) is 3. The molecule has 0 saturated heterocycles. The van der Waals surface area contributed by atoms with Crippen molar-refractivity contribution in [1.82, 2.24) is 15.7 Å². The number of nitrogen functional groups attached to an aromatic ring is 1. The Bertz CT molecular complexity index is 697. The molecule has 0 saturated carbocycles. The van der Waals surface area contributed by atoms with Crippen molar-refractivity contribution in [2.24, 2.45) is 5.10 Å². The van der Waals surface area contributed by atoms with Crippen LogP contribution >= 0.6 is 0 Å². The molecule has 0 aliphatic heterocycles. The van der Waals surface area contributed by atoms with Gasteiger partial charge < -0.3 is 5.73 Å². The molecule has 0 atom stereocenters. The number of rotatable bonds is 3. The van der Waals surface area contributed by atoms with Gasteiger partial charge in [-0.25, -0.2) is 14.8 Å². The van der Waals surface area contributed by atoms with E-state index < -0.39 is 17.8 Å². The SMILES string of the molecule is Nc1nonc1NC(=O)N/N=C/c1ccccc1C(F)(F)F. The average molecular weight is 314 g/mol. The molecule has 0 spiro atoms. The van der Waals surface area contributed by atoms with Crippen LogP contribution in [0.4, 0.5) is 29.6 Å². The van der Waals surface area contributed by atoms with E-state index in [4.69, 9.17) is 5.73 Å². The highest BCUT2D eigenvalue weighted by Gasteiger charge is 2.32. The zero-order valence-corrected chi connectivity index (χ0v) is 10.8. The van der Waals surface area contributed by atoms with E-state index >= 15 is 0 Å². The number of aromatic nitrogens is 2. The third-order valence-corrected chi connectivity index (χ3v) is 2.38. The van der Waals surface area contributed by atoms with Gasteiger partial charge in [0.05, 0.1) is 11.8 Å². The molecule has 0 aliphatic rings. The van der Waals surface area contributed by atoms with Gasteiger partial charge in [-0.1, -0.05) is 18.2 Å². The Morgan fingerprint density at radius 3 is 2.68 bits per heavy atom. The van der Waals surface area contributed by atoms with Crippen molar-refractivity contribution in [3.63, 3.8) is 0 Å². The van der Waals surface area contributed by atoms with Gasteiger partial charge in [-0.15, -0.1) is 0 Å². The van der Waals surface area contributed by atoms with E-state index in [-0.39, 0.29) is 17.2 Å². The van der Waals surface area contributed by atoms with Crippen molar-refractivity contribution in [2.45, 2.75) is 6.18 Å². The summed E-state index contributed by atoms with van der Waals surface area (Å²) in [5, 5.41) is 12.1. The van der Waals surface area contributed by atoms with Crippen molar-refractivity contribution in [2.75, 3.05) is 11.1 Å². The van der Waals surface area contributed by atoms with E-state index in [1.54, 1.807) is 0 Å². The van der Waals surface area contributed by atoms with E-state index in [1.807, 2.05) is 5.43 Å². The lowest BCUT2D eigenvalue weighted by molar-refractivity contribution is -0.137. The summed E-state index contributed by atoms with van der Waals surface area (Å²) in [5.74, 6) is -0.287. The second-order valence-corrected chi connectivity index (χ2v) is 3.91. The van der Waals surface area contributed by atoms with Crippen molar-refractivity contribution in [3.05, 3.63) is 35.4 Å². The minimum Gasteiger partial charge on any atom is -0.378 e. The Morgan fingerprint density at radius 2 is 2.05 bits per heavy atom. The first-order valence-electron chi connectivity index (χ1n) is 5.72. The molecule has 22 heavy (non-hydrogen) atoms. The third kappa shape index (κ3) is 3.71. The lowest BCUT2D eigenvalue weighted by atomic mass is 10.1. The Labute approximate surface area is 121 Å². The first-order chi connectivity index (χ1) is 10.4. The smallest absolute Gasteiger partial charge is 0.378 e. The van der Waals surface area contributed by atoms with Crippen LogP contribution in [0, 0.1) is 0 Å². The van der Waals surface area contributed by atoms with E-state index in [0.29, 0.717) is 0 Å². The van der Waals surface area contributed by atoms with Crippen LogP contribution in [0.2, 0.25) is 0 Å². The molecule has 0 bridgehead atoms. The fraction of sp³-hybridized carbons (Fsp3) is 0.0909. The highest BCUT2D eigenvalue weighted by molar-refractivity contribution is 5.91. The lowest BCUT2D eigenvalue weighted by Gasteiger charge is -2.09. The summed E-state index contributed by atoms with van der Waals surface area (Å²) in [6, 6.07) is 3.91. The van der Waals surface area contributed by atoms with Gasteiger partial charge in [0.15, 0.2) is 0 Å². The van der Waals surface area contributed by atoms with E-state index in [0.717, 1.165) is 12.3 Å². The number of amides is 2. The second-order valence-electron chi connectivity index (χ2n) is 3.91. The number of nitrogens with two attached hydrogens (primary N) is 1. The molecule has 0 unspecified atom stereocenters. The summed E-state index contributed by atoms with van der Waals surface area (Å²) < 4.78 is 42.4. The minimum atomic E-state index is -4.52. The number of hydrazone groups is 1. The molecule has 8 nitrogen and oxygen atoms in total. The number of carbonyl (C=O) groups excluding carboxylic acids is 1. The van der Waals surface area contributed by atoms with Gasteiger partial charge in [0.2, 0.25) is 11.6 Å². The number of nitrogens with zero attached hydrogens (tertiary/aromatic N) is 3. The summed E-state index contributed by atoms with van der Waals surface area (Å²) in [7, 11) is 0. The van der Waals surface area contributed by atoms with Crippen LogP contribution < -0.4 is 16.5 Å². The average Bonchev–Trinajstić information content (AvgIpc) is 2.83. The number of hydrogen-bond acceptors (Lipinski definition) is 6. The number of anilines is 2. The van der Waals surface area contributed by atoms with Crippen LogP contribution in [0.1, 0.15) is 11.1 Å². The predicted molar refractivity (Wildman–Crippen MR) is 69.9 cm³/mol. The first kappa shape index (κ1) is 15.3. The quantitative estimate of drug-likeness (QED) is 0.590. The van der Waals surface area contributed by atoms with Crippen molar-refractivity contribution >= 4 is 23.9 Å². The Balaban J connectivity index is 2.01. The fourth-order valence-corrected chi connectivity index (χ4v) is 1.45. The van der Waals surface area contributed by atoms with Crippen molar-refractivity contribution in [3.8, 4) is 0 Å². The third-order valence-electron chi connectivity index (χ3n) is 2.38. The van der Waals surface area contributed by atoms with Gasteiger partial charge in [0.25, 0.3) is 0 Å². The van der Waals surface area contributed by atoms with Gasteiger partial charge in [-0.2, -0.15) is 18.3 Å². The molecule has 1 aromatic carbocycles. The molecule has 0 radical (unpaired) electrons. The van der Waals surface area contributed by atoms with Gasteiger partial charge in [-0.05, 0) is 16.4 Å². The highest BCUT2D eigenvalue weighted by Crippen LogP contribution is 2.30. The molecule has 2 rings (SSSR count). The summed E-state index contributed by atoms with van der Waals surface area (Å²) in [6.45, 7) is 0. The lowest BCUT2D eigenvalue weighted by Crippen LogP contribution is -2.25. The normalized spacial score (nSPS) is 11.6. The maximum atomic E-state index is 12.7. The number of carbonyl (C=O) groups is 1. The van der Waals surface area contributed by atoms with Crippen molar-refractivity contribution in [1.29, 1.82) is 0 Å². The summed E-state index contributed by atoms with van der Waals surface area (Å²) in [5.41, 5.74) is 6.20. The summed E-state index contributed by atoms with van der Waals surface area (Å²) in [6.07, 6.45) is -3.65. The molecular formula is C11H9F3N6O2. The molecule has 116 valence electrons. The Morgan fingerprint density at radius 1 is 1.32 bits per heavy atom. The largest absolute Gasteiger partial charge is 0.417 e. The molecule has 2 amide bonds. The van der Waals surface area contributed by atoms with Crippen LogP contribution in [-0.2, 0) is 6.18 Å². The molecule has 4 N–H and O–H groups in total. The number of urea groups is 1. The number of benzene rings is 1. The second kappa shape index (κ2) is 6.11. The van der Waals surface area contributed by atoms with E-state index in [1.165, 1.54) is 18.2 Å². The summed E-state index contributed by atoms with van der Waals surface area (Å²) >= 11 is 0. The predicted octanol–water partition coefficient (Wildman–Crippen LogP) is 1.83. The fourth-order valence-electron chi connectivity index (χ4n) is 1.45. The molecule has 1 aromatic heterocycles. The summed E-state index contributed by atoms with van der Waals surface area (Å²) in [4.78, 5) is 11.4. The van der Waals surface area contributed by atoms with Crippen LogP contribution in [0.25, 0.3) is 0 Å². The van der Waals surface area contributed by atoms with E-state index in [9.17, 15) is 18.0 Å². The number of halogens is 3. The molecule has 0 fully saturated rings. The standard InChI is InChI=1S/C11H9F3N6O2/c12-11(13,14)7-4-2-1-3-6(7)5-16-18-10(21)17-9-8(15)19-22-20-9/h1-5H,(H2,15,19)(H2,17,18,20,21)/b16-5+. The van der Waals surface area contributed by atoms with Crippen LogP contribution in [0.5, 0.6) is 0 Å². The van der Waals surface area contributed by atoms with Crippen LogP contribution in [0.3, 0.4) is 0 Å². The van der Waals surface area contributed by atoms with Crippen LogP contribution in [-0.4, -0.2) is 22.6 Å².